The first-order valence-electron chi connectivity index (χ1n) is 7.81. The van der Waals surface area contributed by atoms with E-state index in [9.17, 15) is 23.3 Å². The number of carbonyl (C=O) groups excluding carboxylic acids is 1. The molecular formula is C17H16N4O5S2. The van der Waals surface area contributed by atoms with Crippen LogP contribution in [0, 0.1) is 10.1 Å². The molecule has 2 rings (SSSR count). The van der Waals surface area contributed by atoms with Gasteiger partial charge >= 0.3 is 0 Å². The predicted molar refractivity (Wildman–Crippen MR) is 109 cm³/mol. The molecule has 0 saturated carbocycles. The van der Waals surface area contributed by atoms with Crippen molar-refractivity contribution in [3.05, 3.63) is 76.9 Å². The molecule has 0 bridgehead atoms. The summed E-state index contributed by atoms with van der Waals surface area (Å²) in [6.07, 6.45) is 1.42. The van der Waals surface area contributed by atoms with Crippen LogP contribution in [0.5, 0.6) is 0 Å². The largest absolute Gasteiger partial charge is 0.332 e. The third-order valence-corrected chi connectivity index (χ3v) is 5.06. The average Bonchev–Trinajstić information content (AvgIpc) is 2.66. The van der Waals surface area contributed by atoms with Gasteiger partial charge in [0.25, 0.3) is 11.6 Å². The quantitative estimate of drug-likeness (QED) is 0.271. The maximum absolute atomic E-state index is 12.2. The van der Waals surface area contributed by atoms with Crippen LogP contribution in [0.25, 0.3) is 0 Å². The van der Waals surface area contributed by atoms with E-state index in [1.165, 1.54) is 54.6 Å². The van der Waals surface area contributed by atoms with Crippen LogP contribution in [0.15, 0.2) is 66.1 Å². The summed E-state index contributed by atoms with van der Waals surface area (Å²) in [5, 5.41) is 16.0. The molecule has 0 aliphatic heterocycles. The van der Waals surface area contributed by atoms with E-state index in [1.807, 2.05) is 0 Å². The Bertz CT molecular complexity index is 1020. The Morgan fingerprint density at radius 2 is 1.82 bits per heavy atom. The van der Waals surface area contributed by atoms with Gasteiger partial charge in [-0.3, -0.25) is 20.2 Å². The first-order chi connectivity index (χ1) is 13.2. The third-order valence-electron chi connectivity index (χ3n) is 3.41. The maximum Gasteiger partial charge on any atom is 0.282 e. The second-order valence-corrected chi connectivity index (χ2v) is 7.52. The number of amides is 1. The first kappa shape index (κ1) is 21.2. The Kier molecular flexibility index (Phi) is 6.93. The number of nitrogens with one attached hydrogen (secondary N) is 3. The number of nitro benzene ring substituents is 1. The fourth-order valence-corrected chi connectivity index (χ4v) is 3.34. The number of para-hydroxylation sites is 1. The zero-order valence-electron chi connectivity index (χ0n) is 14.4. The molecule has 0 saturated heterocycles. The van der Waals surface area contributed by atoms with E-state index in [0.717, 1.165) is 0 Å². The van der Waals surface area contributed by atoms with Crippen LogP contribution in [-0.4, -0.2) is 30.9 Å². The highest BCUT2D eigenvalue weighted by Crippen LogP contribution is 2.18. The highest BCUT2D eigenvalue weighted by atomic mass is 32.2. The molecule has 2 aromatic rings. The van der Waals surface area contributed by atoms with E-state index in [4.69, 9.17) is 12.2 Å². The fraction of sp³-hybridized carbons (Fsp3) is 0.0588. The minimum absolute atomic E-state index is 0.0507. The normalized spacial score (nSPS) is 10.7. The number of hydrogen-bond acceptors (Lipinski definition) is 6. The van der Waals surface area contributed by atoms with Crippen molar-refractivity contribution in [1.82, 2.24) is 10.0 Å². The van der Waals surface area contributed by atoms with Crippen molar-refractivity contribution in [1.29, 1.82) is 0 Å². The van der Waals surface area contributed by atoms with Crippen LogP contribution in [0.2, 0.25) is 0 Å². The van der Waals surface area contributed by atoms with Gasteiger partial charge in [0.1, 0.15) is 5.56 Å². The van der Waals surface area contributed by atoms with Crippen molar-refractivity contribution in [2.24, 2.45) is 0 Å². The highest BCUT2D eigenvalue weighted by Gasteiger charge is 2.20. The van der Waals surface area contributed by atoms with Crippen molar-refractivity contribution in [3.63, 3.8) is 0 Å². The minimum Gasteiger partial charge on any atom is -0.332 e. The SMILES string of the molecule is C=CCNS(=O)(=O)c1ccc(NC(=S)NC(=O)c2ccccc2[N+](=O)[O-])cc1. The number of anilines is 1. The lowest BCUT2D eigenvalue weighted by Gasteiger charge is -2.11. The Morgan fingerprint density at radius 1 is 1.18 bits per heavy atom. The maximum atomic E-state index is 12.2. The molecule has 3 N–H and O–H groups in total. The zero-order chi connectivity index (χ0) is 20.7. The number of hydrogen-bond donors (Lipinski definition) is 3. The first-order valence-corrected chi connectivity index (χ1v) is 9.70. The molecule has 0 atom stereocenters. The summed E-state index contributed by atoms with van der Waals surface area (Å²) in [4.78, 5) is 22.6. The molecule has 0 aliphatic carbocycles. The van der Waals surface area contributed by atoms with Crippen molar-refractivity contribution < 1.29 is 18.1 Å². The van der Waals surface area contributed by atoms with Gasteiger partial charge in [-0.15, -0.1) is 6.58 Å². The molecule has 9 nitrogen and oxygen atoms in total. The van der Waals surface area contributed by atoms with E-state index < -0.39 is 20.9 Å². The number of rotatable bonds is 7. The molecule has 0 spiro atoms. The van der Waals surface area contributed by atoms with Gasteiger partial charge in [-0.2, -0.15) is 0 Å². The van der Waals surface area contributed by atoms with Gasteiger partial charge in [0, 0.05) is 18.3 Å². The number of carbonyl (C=O) groups is 1. The van der Waals surface area contributed by atoms with E-state index in [-0.39, 0.29) is 27.8 Å². The van der Waals surface area contributed by atoms with Crippen LogP contribution >= 0.6 is 12.2 Å². The predicted octanol–water partition coefficient (Wildman–Crippen LogP) is 2.19. The second-order valence-electron chi connectivity index (χ2n) is 5.35. The third kappa shape index (κ3) is 5.42. The Morgan fingerprint density at radius 3 is 2.43 bits per heavy atom. The summed E-state index contributed by atoms with van der Waals surface area (Å²) in [5.41, 5.74) is -0.0497. The molecule has 11 heteroatoms. The van der Waals surface area contributed by atoms with Crippen LogP contribution in [0.3, 0.4) is 0 Å². The smallest absolute Gasteiger partial charge is 0.282 e. The number of benzene rings is 2. The molecule has 0 radical (unpaired) electrons. The lowest BCUT2D eigenvalue weighted by Crippen LogP contribution is -2.34. The van der Waals surface area contributed by atoms with Crippen LogP contribution in [0.1, 0.15) is 10.4 Å². The van der Waals surface area contributed by atoms with Gasteiger partial charge in [-0.05, 0) is 42.5 Å². The molecule has 0 fully saturated rings. The van der Waals surface area contributed by atoms with E-state index in [0.29, 0.717) is 5.69 Å². The van der Waals surface area contributed by atoms with Crippen molar-refractivity contribution >= 4 is 44.6 Å². The van der Waals surface area contributed by atoms with Crippen molar-refractivity contribution in [2.45, 2.75) is 4.90 Å². The summed E-state index contributed by atoms with van der Waals surface area (Å²) in [6, 6.07) is 11.1. The number of sulfonamides is 1. The van der Waals surface area contributed by atoms with Gasteiger partial charge in [-0.25, -0.2) is 13.1 Å². The average molecular weight is 420 g/mol. The van der Waals surface area contributed by atoms with Crippen molar-refractivity contribution in [2.75, 3.05) is 11.9 Å². The Labute approximate surface area is 166 Å². The summed E-state index contributed by atoms with van der Waals surface area (Å²) < 4.78 is 26.3. The Hall–Kier alpha value is -3.15. The Balaban J connectivity index is 2.05. The van der Waals surface area contributed by atoms with Crippen LogP contribution < -0.4 is 15.4 Å². The molecule has 146 valence electrons. The van der Waals surface area contributed by atoms with Gasteiger partial charge in [-0.1, -0.05) is 18.2 Å². The van der Waals surface area contributed by atoms with Crippen LogP contribution in [-0.2, 0) is 10.0 Å². The summed E-state index contributed by atoms with van der Waals surface area (Å²) in [7, 11) is -3.65. The van der Waals surface area contributed by atoms with Gasteiger partial charge in [0.15, 0.2) is 5.11 Å². The van der Waals surface area contributed by atoms with E-state index >= 15 is 0 Å². The number of nitro groups is 1. The minimum atomic E-state index is -3.65. The number of nitrogens with zero attached hydrogens (tertiary/aromatic N) is 1. The van der Waals surface area contributed by atoms with E-state index in [2.05, 4.69) is 21.9 Å². The summed E-state index contributed by atoms with van der Waals surface area (Å²) in [5.74, 6) is -0.738. The summed E-state index contributed by atoms with van der Waals surface area (Å²) >= 11 is 5.03. The lowest BCUT2D eigenvalue weighted by molar-refractivity contribution is -0.385. The molecule has 28 heavy (non-hydrogen) atoms. The lowest BCUT2D eigenvalue weighted by atomic mass is 10.1. The van der Waals surface area contributed by atoms with Gasteiger partial charge in [0.2, 0.25) is 10.0 Å². The van der Waals surface area contributed by atoms with Gasteiger partial charge in [0.05, 0.1) is 9.82 Å². The molecular weight excluding hydrogens is 404 g/mol. The van der Waals surface area contributed by atoms with E-state index in [1.54, 1.807) is 0 Å². The fourth-order valence-electron chi connectivity index (χ4n) is 2.13. The standard InChI is InChI=1S/C17H16N4O5S2/c1-2-11-18-28(25,26)13-9-7-12(8-10-13)19-17(27)20-16(22)14-5-3-4-6-15(14)21(23)24/h2-10,18H,1,11H2,(H2,19,20,22,27). The summed E-state index contributed by atoms with van der Waals surface area (Å²) in [6.45, 7) is 3.54. The van der Waals surface area contributed by atoms with Gasteiger partial charge < -0.3 is 5.32 Å². The molecule has 0 heterocycles. The zero-order valence-corrected chi connectivity index (χ0v) is 16.0. The molecule has 0 aromatic heterocycles. The topological polar surface area (TPSA) is 130 Å². The molecule has 1 amide bonds. The molecule has 0 aliphatic rings. The molecule has 0 unspecified atom stereocenters. The second kappa shape index (κ2) is 9.17. The monoisotopic (exact) mass is 420 g/mol. The molecule has 2 aromatic carbocycles. The van der Waals surface area contributed by atoms with Crippen LogP contribution in [0.4, 0.5) is 11.4 Å². The van der Waals surface area contributed by atoms with Crippen molar-refractivity contribution in [3.8, 4) is 0 Å². The highest BCUT2D eigenvalue weighted by molar-refractivity contribution is 7.89. The number of thiocarbonyl (C=S) groups is 1.